The molecule has 0 aliphatic carbocycles. The molecule has 1 fully saturated rings. The molecule has 0 unspecified atom stereocenters. The molecule has 1 aliphatic rings. The number of aryl methyl sites for hydroxylation is 3. The first-order valence-corrected chi connectivity index (χ1v) is 6.65. The number of aromatic nitrogens is 6. The predicted octanol–water partition coefficient (Wildman–Crippen LogP) is -0.0400. The van der Waals surface area contributed by atoms with Crippen molar-refractivity contribution < 1.29 is 4.79 Å². The van der Waals surface area contributed by atoms with E-state index in [1.165, 1.54) is 6.33 Å². The maximum absolute atomic E-state index is 12.0. The zero-order valence-corrected chi connectivity index (χ0v) is 11.6. The molecule has 8 heteroatoms. The minimum absolute atomic E-state index is 0.137. The molecule has 1 saturated heterocycles. The van der Waals surface area contributed by atoms with Crippen molar-refractivity contribution >= 4 is 5.91 Å². The molecule has 1 amide bonds. The van der Waals surface area contributed by atoms with E-state index in [1.807, 2.05) is 23.4 Å². The van der Waals surface area contributed by atoms with Crippen LogP contribution in [0.1, 0.15) is 23.9 Å². The molecule has 0 spiro atoms. The molecule has 0 aromatic carbocycles. The number of hydrogen-bond donors (Lipinski definition) is 0. The first-order valence-electron chi connectivity index (χ1n) is 6.65. The molecule has 3 heterocycles. The van der Waals surface area contributed by atoms with E-state index in [9.17, 15) is 4.79 Å². The monoisotopic (exact) mass is 275 g/mol. The van der Waals surface area contributed by atoms with E-state index in [2.05, 4.69) is 26.7 Å². The van der Waals surface area contributed by atoms with Gasteiger partial charge in [0.15, 0.2) is 0 Å². The van der Waals surface area contributed by atoms with Gasteiger partial charge in [0.25, 0.3) is 0 Å². The van der Waals surface area contributed by atoms with Crippen LogP contribution in [0.5, 0.6) is 0 Å². The molecule has 0 radical (unpaired) electrons. The van der Waals surface area contributed by atoms with Crippen LogP contribution in [0.2, 0.25) is 0 Å². The number of amides is 1. The van der Waals surface area contributed by atoms with Gasteiger partial charge in [-0.25, -0.2) is 4.68 Å². The van der Waals surface area contributed by atoms with Gasteiger partial charge >= 0.3 is 0 Å². The summed E-state index contributed by atoms with van der Waals surface area (Å²) in [4.78, 5) is 13.9. The van der Waals surface area contributed by atoms with Gasteiger partial charge in [-0.05, 0) is 30.3 Å². The van der Waals surface area contributed by atoms with Gasteiger partial charge in [-0.2, -0.15) is 5.10 Å². The van der Waals surface area contributed by atoms with Crippen molar-refractivity contribution in [3.05, 3.63) is 23.8 Å². The molecule has 2 aromatic heterocycles. The second kappa shape index (κ2) is 5.03. The minimum Gasteiger partial charge on any atom is -0.338 e. The molecule has 0 bridgehead atoms. The van der Waals surface area contributed by atoms with Crippen molar-refractivity contribution in [1.82, 2.24) is 34.9 Å². The second-order valence-electron chi connectivity index (χ2n) is 5.15. The Morgan fingerprint density at radius 2 is 2.20 bits per heavy atom. The normalized spacial score (nSPS) is 15.4. The van der Waals surface area contributed by atoms with Gasteiger partial charge in [0.1, 0.15) is 6.33 Å². The summed E-state index contributed by atoms with van der Waals surface area (Å²) in [5, 5.41) is 15.3. The average Bonchev–Trinajstić information content (AvgIpc) is 2.95. The Labute approximate surface area is 116 Å². The quantitative estimate of drug-likeness (QED) is 0.782. The summed E-state index contributed by atoms with van der Waals surface area (Å²) in [5.41, 5.74) is 2.17. The molecule has 8 nitrogen and oxygen atoms in total. The molecule has 2 aromatic rings. The highest BCUT2D eigenvalue weighted by molar-refractivity contribution is 5.77. The Bertz CT molecular complexity index is 597. The molecular weight excluding hydrogens is 258 g/mol. The largest absolute Gasteiger partial charge is 0.338 e. The first-order chi connectivity index (χ1) is 9.63. The number of rotatable bonds is 4. The number of carbonyl (C=O) groups excluding carboxylic acids is 1. The summed E-state index contributed by atoms with van der Waals surface area (Å²) in [7, 11) is 0. The van der Waals surface area contributed by atoms with Gasteiger partial charge in [-0.15, -0.1) is 5.10 Å². The third-order valence-electron chi connectivity index (χ3n) is 3.55. The van der Waals surface area contributed by atoms with E-state index in [0.717, 1.165) is 24.5 Å². The second-order valence-corrected chi connectivity index (χ2v) is 5.15. The summed E-state index contributed by atoms with van der Waals surface area (Å²) in [6.45, 7) is 6.01. The number of likely N-dealkylation sites (tertiary alicyclic amines) is 1. The van der Waals surface area contributed by atoms with Gasteiger partial charge in [0, 0.05) is 25.2 Å². The summed E-state index contributed by atoms with van der Waals surface area (Å²) >= 11 is 0. The highest BCUT2D eigenvalue weighted by atomic mass is 16.2. The molecule has 1 aliphatic heterocycles. The van der Waals surface area contributed by atoms with Crippen LogP contribution in [-0.2, 0) is 11.3 Å². The van der Waals surface area contributed by atoms with Crippen molar-refractivity contribution in [3.63, 3.8) is 0 Å². The Kier molecular flexibility index (Phi) is 3.21. The Hall–Kier alpha value is -2.25. The van der Waals surface area contributed by atoms with E-state index < -0.39 is 0 Å². The maximum atomic E-state index is 12.0. The Morgan fingerprint density at radius 3 is 2.80 bits per heavy atom. The Balaban J connectivity index is 1.50. The number of nitrogens with zero attached hydrogens (tertiary/aromatic N) is 7. The molecule has 20 heavy (non-hydrogen) atoms. The van der Waals surface area contributed by atoms with Crippen molar-refractivity contribution in [2.45, 2.75) is 32.9 Å². The first kappa shape index (κ1) is 12.8. The van der Waals surface area contributed by atoms with Crippen molar-refractivity contribution in [1.29, 1.82) is 0 Å². The van der Waals surface area contributed by atoms with Crippen LogP contribution in [-0.4, -0.2) is 53.9 Å². The van der Waals surface area contributed by atoms with Crippen LogP contribution in [0.25, 0.3) is 0 Å². The summed E-state index contributed by atoms with van der Waals surface area (Å²) in [6.07, 6.45) is 1.94. The number of carbonyl (C=O) groups is 1. The van der Waals surface area contributed by atoms with Gasteiger partial charge in [0.2, 0.25) is 5.91 Å². The third kappa shape index (κ3) is 2.40. The average molecular weight is 275 g/mol. The fourth-order valence-corrected chi connectivity index (χ4v) is 2.48. The Morgan fingerprint density at radius 1 is 1.40 bits per heavy atom. The zero-order chi connectivity index (χ0) is 14.1. The van der Waals surface area contributed by atoms with E-state index in [-0.39, 0.29) is 5.91 Å². The van der Waals surface area contributed by atoms with Crippen molar-refractivity contribution in [3.8, 4) is 0 Å². The van der Waals surface area contributed by atoms with Crippen LogP contribution in [0.3, 0.4) is 0 Å². The molecule has 106 valence electrons. The van der Waals surface area contributed by atoms with Gasteiger partial charge in [-0.1, -0.05) is 0 Å². The molecule has 0 atom stereocenters. The van der Waals surface area contributed by atoms with Crippen LogP contribution < -0.4 is 0 Å². The lowest BCUT2D eigenvalue weighted by Crippen LogP contribution is -2.51. The smallest absolute Gasteiger partial charge is 0.224 e. The SMILES string of the molecule is Cc1cc(C)n(C2CN(C(=O)CCn3cnnn3)C2)n1. The molecular formula is C12H17N7O. The standard InChI is InChI=1S/C12H17N7O/c1-9-5-10(2)19(14-9)11-6-17(7-11)12(20)3-4-18-8-13-15-16-18/h5,8,11H,3-4,6-7H2,1-2H3. The van der Waals surface area contributed by atoms with Crippen LogP contribution in [0, 0.1) is 13.8 Å². The zero-order valence-electron chi connectivity index (χ0n) is 11.6. The van der Waals surface area contributed by atoms with Gasteiger partial charge in [0.05, 0.1) is 18.3 Å². The fraction of sp³-hybridized carbons (Fsp3) is 0.583. The molecule has 0 saturated carbocycles. The maximum Gasteiger partial charge on any atom is 0.224 e. The van der Waals surface area contributed by atoms with Gasteiger partial charge < -0.3 is 4.90 Å². The van der Waals surface area contributed by atoms with E-state index >= 15 is 0 Å². The lowest BCUT2D eigenvalue weighted by molar-refractivity contribution is -0.137. The number of tetrazole rings is 1. The topological polar surface area (TPSA) is 81.7 Å². The number of hydrogen-bond acceptors (Lipinski definition) is 5. The van der Waals surface area contributed by atoms with Crippen molar-refractivity contribution in [2.75, 3.05) is 13.1 Å². The van der Waals surface area contributed by atoms with Gasteiger partial charge in [-0.3, -0.25) is 9.48 Å². The summed E-state index contributed by atoms with van der Waals surface area (Å²) in [6, 6.07) is 2.36. The fourth-order valence-electron chi connectivity index (χ4n) is 2.48. The highest BCUT2D eigenvalue weighted by Crippen LogP contribution is 2.23. The lowest BCUT2D eigenvalue weighted by Gasteiger charge is -2.39. The summed E-state index contributed by atoms with van der Waals surface area (Å²) in [5.74, 6) is 0.137. The predicted molar refractivity (Wildman–Crippen MR) is 69.8 cm³/mol. The molecule has 3 rings (SSSR count). The van der Waals surface area contributed by atoms with E-state index in [4.69, 9.17) is 0 Å². The van der Waals surface area contributed by atoms with E-state index in [0.29, 0.717) is 19.0 Å². The van der Waals surface area contributed by atoms with Crippen LogP contribution >= 0.6 is 0 Å². The van der Waals surface area contributed by atoms with Crippen LogP contribution in [0.15, 0.2) is 12.4 Å². The summed E-state index contributed by atoms with van der Waals surface area (Å²) < 4.78 is 3.58. The van der Waals surface area contributed by atoms with E-state index in [1.54, 1.807) is 4.68 Å². The minimum atomic E-state index is 0.137. The highest BCUT2D eigenvalue weighted by Gasteiger charge is 2.32. The van der Waals surface area contributed by atoms with Crippen LogP contribution in [0.4, 0.5) is 0 Å². The lowest BCUT2D eigenvalue weighted by atomic mass is 10.1. The molecule has 0 N–H and O–H groups in total. The van der Waals surface area contributed by atoms with Crippen molar-refractivity contribution in [2.24, 2.45) is 0 Å². The third-order valence-corrected chi connectivity index (χ3v) is 3.55.